The second-order valence-electron chi connectivity index (χ2n) is 10.3. The molecule has 2 rings (SSSR count). The summed E-state index contributed by atoms with van der Waals surface area (Å²) in [5.74, 6) is -1.75. The average molecular weight is 528 g/mol. The van der Waals surface area contributed by atoms with Gasteiger partial charge in [0.05, 0.1) is 6.10 Å². The number of amides is 2. The lowest BCUT2D eigenvalue weighted by atomic mass is 9.98. The van der Waals surface area contributed by atoms with Crippen LogP contribution in [0.25, 0.3) is 0 Å². The van der Waals surface area contributed by atoms with Gasteiger partial charge in [-0.1, -0.05) is 70.2 Å². The van der Waals surface area contributed by atoms with E-state index in [1.54, 1.807) is 52.0 Å². The summed E-state index contributed by atoms with van der Waals surface area (Å²) in [6.07, 6.45) is -0.437. The van der Waals surface area contributed by atoms with E-state index < -0.39 is 42.0 Å². The number of esters is 1. The molecule has 0 bridgehead atoms. The molecule has 2 aromatic rings. The first kappa shape index (κ1) is 30.8. The van der Waals surface area contributed by atoms with Crippen LogP contribution >= 0.6 is 0 Å². The Hall–Kier alpha value is -3.43. The van der Waals surface area contributed by atoms with E-state index in [0.29, 0.717) is 6.42 Å². The van der Waals surface area contributed by atoms with Gasteiger partial charge >= 0.3 is 5.97 Å². The zero-order chi connectivity index (χ0) is 28.2. The van der Waals surface area contributed by atoms with Gasteiger partial charge in [0.1, 0.15) is 24.4 Å². The lowest BCUT2D eigenvalue weighted by Crippen LogP contribution is -2.55. The van der Waals surface area contributed by atoms with Crippen LogP contribution < -0.4 is 16.4 Å². The molecule has 4 atom stereocenters. The molecule has 9 heteroatoms. The van der Waals surface area contributed by atoms with E-state index in [0.717, 1.165) is 11.1 Å². The zero-order valence-corrected chi connectivity index (χ0v) is 22.6. The normalized spacial score (nSPS) is 14.4. The van der Waals surface area contributed by atoms with Crippen LogP contribution in [0.2, 0.25) is 0 Å². The number of nitrogens with two attached hydrogens (primary N) is 1. The highest BCUT2D eigenvalue weighted by Crippen LogP contribution is 2.14. The van der Waals surface area contributed by atoms with Crippen molar-refractivity contribution in [2.45, 2.75) is 77.8 Å². The lowest BCUT2D eigenvalue weighted by Gasteiger charge is -2.27. The highest BCUT2D eigenvalue weighted by atomic mass is 16.5. The molecule has 2 amide bonds. The van der Waals surface area contributed by atoms with Gasteiger partial charge in [0, 0.05) is 12.5 Å². The van der Waals surface area contributed by atoms with Crippen LogP contribution in [-0.4, -0.2) is 52.2 Å². The fourth-order valence-corrected chi connectivity index (χ4v) is 3.87. The van der Waals surface area contributed by atoms with Crippen molar-refractivity contribution in [1.29, 1.82) is 0 Å². The summed E-state index contributed by atoms with van der Waals surface area (Å²) in [6.45, 7) is 7.30. The Labute approximate surface area is 224 Å². The molecule has 0 spiro atoms. The number of aromatic hydroxyl groups is 1. The predicted molar refractivity (Wildman–Crippen MR) is 145 cm³/mol. The van der Waals surface area contributed by atoms with Crippen LogP contribution in [0.4, 0.5) is 0 Å². The zero-order valence-electron chi connectivity index (χ0n) is 22.6. The van der Waals surface area contributed by atoms with Crippen molar-refractivity contribution >= 4 is 17.8 Å². The number of rotatable bonds is 14. The molecule has 2 aromatic carbocycles. The van der Waals surface area contributed by atoms with Crippen molar-refractivity contribution in [1.82, 2.24) is 10.6 Å². The monoisotopic (exact) mass is 527 g/mol. The van der Waals surface area contributed by atoms with Gasteiger partial charge in [-0.2, -0.15) is 0 Å². The number of ether oxygens (including phenoxy) is 1. The topological polar surface area (TPSA) is 151 Å². The van der Waals surface area contributed by atoms with E-state index >= 15 is 0 Å². The van der Waals surface area contributed by atoms with Crippen LogP contribution in [0.1, 0.15) is 51.7 Å². The number of hydrogen-bond acceptors (Lipinski definition) is 7. The second kappa shape index (κ2) is 15.1. The Morgan fingerprint density at radius 3 is 2.05 bits per heavy atom. The minimum absolute atomic E-state index is 0.0202. The first-order valence-corrected chi connectivity index (χ1v) is 13.0. The third-order valence-electron chi connectivity index (χ3n) is 6.28. The third-order valence-corrected chi connectivity index (χ3v) is 6.28. The Bertz CT molecular complexity index is 1030. The second-order valence-corrected chi connectivity index (χ2v) is 10.3. The average Bonchev–Trinajstić information content (AvgIpc) is 2.88. The molecule has 0 saturated heterocycles. The van der Waals surface area contributed by atoms with E-state index in [4.69, 9.17) is 10.5 Å². The standard InChI is InChI=1S/C29H41N3O6/c1-18(2)26(28(36)32-27(19(3)4)29(37)38-17-21-8-6-5-7-9-21)31-25(35)15-14-24(34)23(30)16-20-10-12-22(33)13-11-20/h5-13,18-19,23-24,26-27,33-34H,14-17,30H2,1-4H3,(H,31,35)(H,32,36)/t23-,24?,26?,27?/m0/s1. The number of aliphatic hydroxyl groups is 1. The maximum atomic E-state index is 13.1. The maximum absolute atomic E-state index is 13.1. The van der Waals surface area contributed by atoms with Gasteiger partial charge in [-0.3, -0.25) is 9.59 Å². The maximum Gasteiger partial charge on any atom is 0.329 e. The number of nitrogens with one attached hydrogen (secondary N) is 2. The number of aliphatic hydroxyl groups excluding tert-OH is 1. The van der Waals surface area contributed by atoms with E-state index in [9.17, 15) is 24.6 Å². The van der Waals surface area contributed by atoms with Crippen molar-refractivity contribution in [3.8, 4) is 5.75 Å². The van der Waals surface area contributed by atoms with Crippen LogP contribution in [-0.2, 0) is 32.1 Å². The largest absolute Gasteiger partial charge is 0.508 e. The first-order chi connectivity index (χ1) is 18.0. The molecular weight excluding hydrogens is 486 g/mol. The van der Waals surface area contributed by atoms with Gasteiger partial charge in [-0.15, -0.1) is 0 Å². The number of carbonyl (C=O) groups is 3. The van der Waals surface area contributed by atoms with Gasteiger partial charge in [0.15, 0.2) is 0 Å². The molecule has 0 heterocycles. The Balaban J connectivity index is 1.88. The fraction of sp³-hybridized carbons (Fsp3) is 0.483. The van der Waals surface area contributed by atoms with E-state index in [2.05, 4.69) is 10.6 Å². The number of hydrogen-bond donors (Lipinski definition) is 5. The Morgan fingerprint density at radius 1 is 0.868 bits per heavy atom. The number of phenols is 1. The highest BCUT2D eigenvalue weighted by molar-refractivity contribution is 5.91. The quantitative estimate of drug-likeness (QED) is 0.237. The van der Waals surface area contributed by atoms with Crippen molar-refractivity contribution in [2.75, 3.05) is 0 Å². The molecule has 0 aliphatic rings. The molecule has 3 unspecified atom stereocenters. The van der Waals surface area contributed by atoms with Crippen LogP contribution in [0.3, 0.4) is 0 Å². The van der Waals surface area contributed by atoms with Gasteiger partial charge in [-0.25, -0.2) is 4.79 Å². The van der Waals surface area contributed by atoms with E-state index in [-0.39, 0.29) is 37.0 Å². The van der Waals surface area contributed by atoms with Crippen molar-refractivity contribution in [2.24, 2.45) is 17.6 Å². The Kier molecular flexibility index (Phi) is 12.2. The van der Waals surface area contributed by atoms with Crippen molar-refractivity contribution < 1.29 is 29.3 Å². The Morgan fingerprint density at radius 2 is 1.47 bits per heavy atom. The summed E-state index contributed by atoms with van der Waals surface area (Å²) in [7, 11) is 0. The van der Waals surface area contributed by atoms with Gasteiger partial charge in [0.25, 0.3) is 0 Å². The summed E-state index contributed by atoms with van der Waals surface area (Å²) in [4.78, 5) is 38.4. The summed E-state index contributed by atoms with van der Waals surface area (Å²) in [5.41, 5.74) is 7.79. The SMILES string of the molecule is CC(C)C(NC(=O)CCC(O)[C@@H](N)Cc1ccc(O)cc1)C(=O)NC(C(=O)OCc1ccccc1)C(C)C. The van der Waals surface area contributed by atoms with E-state index in [1.807, 2.05) is 30.3 Å². The summed E-state index contributed by atoms with van der Waals surface area (Å²) >= 11 is 0. The van der Waals surface area contributed by atoms with Crippen LogP contribution in [0.5, 0.6) is 5.75 Å². The minimum Gasteiger partial charge on any atom is -0.508 e. The third kappa shape index (κ3) is 10.1. The number of phenolic OH excluding ortho intramolecular Hbond substituents is 1. The smallest absolute Gasteiger partial charge is 0.329 e. The van der Waals surface area contributed by atoms with Crippen LogP contribution in [0, 0.1) is 11.8 Å². The molecule has 9 nitrogen and oxygen atoms in total. The predicted octanol–water partition coefficient (Wildman–Crippen LogP) is 2.43. The number of benzene rings is 2. The fourth-order valence-electron chi connectivity index (χ4n) is 3.87. The summed E-state index contributed by atoms with van der Waals surface area (Å²) in [6, 6.07) is 13.5. The number of carbonyl (C=O) groups excluding carboxylic acids is 3. The lowest BCUT2D eigenvalue weighted by molar-refractivity contribution is -0.150. The molecule has 0 aliphatic carbocycles. The van der Waals surface area contributed by atoms with Crippen LogP contribution in [0.15, 0.2) is 54.6 Å². The molecule has 6 N–H and O–H groups in total. The molecule has 0 radical (unpaired) electrons. The van der Waals surface area contributed by atoms with Crippen molar-refractivity contribution in [3.05, 3.63) is 65.7 Å². The molecule has 0 saturated carbocycles. The molecule has 0 aliphatic heterocycles. The summed E-state index contributed by atoms with van der Waals surface area (Å²) < 4.78 is 5.42. The van der Waals surface area contributed by atoms with Gasteiger partial charge in [0.2, 0.25) is 11.8 Å². The highest BCUT2D eigenvalue weighted by Gasteiger charge is 2.31. The molecule has 0 aromatic heterocycles. The van der Waals surface area contributed by atoms with Gasteiger partial charge in [-0.05, 0) is 47.9 Å². The molecule has 208 valence electrons. The van der Waals surface area contributed by atoms with E-state index in [1.165, 1.54) is 0 Å². The minimum atomic E-state index is -0.925. The summed E-state index contributed by atoms with van der Waals surface area (Å²) in [5, 5.41) is 25.3. The molecular formula is C29H41N3O6. The van der Waals surface area contributed by atoms with Crippen molar-refractivity contribution in [3.63, 3.8) is 0 Å². The molecule has 38 heavy (non-hydrogen) atoms. The van der Waals surface area contributed by atoms with Gasteiger partial charge < -0.3 is 31.3 Å². The molecule has 0 fully saturated rings. The first-order valence-electron chi connectivity index (χ1n) is 13.0.